The average Bonchev–Trinajstić information content (AvgIpc) is 2.70. The van der Waals surface area contributed by atoms with E-state index in [1.165, 1.54) is 0 Å². The summed E-state index contributed by atoms with van der Waals surface area (Å²) in [5, 5.41) is 2.28. The van der Waals surface area contributed by atoms with Gasteiger partial charge in [0.2, 0.25) is 0 Å². The molecule has 0 radical (unpaired) electrons. The maximum absolute atomic E-state index is 13.4. The lowest BCUT2D eigenvalue weighted by Crippen LogP contribution is -2.15. The molecule has 120 valence electrons. The minimum Gasteiger partial charge on any atom is -0.293 e. The number of benzene rings is 4. The van der Waals surface area contributed by atoms with Crippen molar-refractivity contribution in [1.82, 2.24) is 0 Å². The van der Waals surface area contributed by atoms with Crippen LogP contribution in [0.5, 0.6) is 0 Å². The Hall–Kier alpha value is -3.19. The zero-order chi connectivity index (χ0) is 17.1. The van der Waals surface area contributed by atoms with Crippen molar-refractivity contribution in [3.8, 4) is 0 Å². The Kier molecular flexibility index (Phi) is 4.14. The molecule has 0 heterocycles. The van der Waals surface area contributed by atoms with Gasteiger partial charge in [-0.05, 0) is 21.9 Å². The highest BCUT2D eigenvalue weighted by Crippen LogP contribution is 2.33. The zero-order valence-corrected chi connectivity index (χ0v) is 13.8. The van der Waals surface area contributed by atoms with Crippen molar-refractivity contribution in [2.24, 2.45) is 0 Å². The maximum atomic E-state index is 13.4. The Morgan fingerprint density at radius 1 is 0.600 bits per heavy atom. The molecule has 4 aromatic rings. The number of hydrogen-bond donors (Lipinski definition) is 0. The Morgan fingerprint density at radius 2 is 1.20 bits per heavy atom. The van der Waals surface area contributed by atoms with Gasteiger partial charge in [0.15, 0.2) is 5.78 Å². The van der Waals surface area contributed by atoms with Crippen LogP contribution >= 0.6 is 0 Å². The summed E-state index contributed by atoms with van der Waals surface area (Å²) in [5.74, 6) is -0.183. The van der Waals surface area contributed by atoms with Crippen LogP contribution in [0.1, 0.15) is 27.4 Å². The molecule has 4 rings (SSSR count). The molecule has 25 heavy (non-hydrogen) atoms. The Balaban J connectivity index is 1.93. The maximum Gasteiger partial charge on any atom is 0.174 e. The first-order valence-electron chi connectivity index (χ1n) is 8.46. The highest BCUT2D eigenvalue weighted by Gasteiger charge is 2.25. The normalized spacial score (nSPS) is 12.0. The lowest BCUT2D eigenvalue weighted by atomic mass is 9.82. The number of carbonyl (C=O) groups excluding carboxylic acids is 1. The van der Waals surface area contributed by atoms with Crippen molar-refractivity contribution in [2.75, 3.05) is 0 Å². The fourth-order valence-corrected chi connectivity index (χ4v) is 3.39. The second-order valence-electron chi connectivity index (χ2n) is 6.14. The predicted octanol–water partition coefficient (Wildman–Crippen LogP) is 5.85. The van der Waals surface area contributed by atoms with E-state index in [0.717, 1.165) is 27.5 Å². The van der Waals surface area contributed by atoms with Gasteiger partial charge < -0.3 is 0 Å². The third-order valence-electron chi connectivity index (χ3n) is 4.59. The van der Waals surface area contributed by atoms with Gasteiger partial charge in [-0.15, -0.1) is 0 Å². The van der Waals surface area contributed by atoms with E-state index in [2.05, 4.69) is 24.3 Å². The third-order valence-corrected chi connectivity index (χ3v) is 4.59. The molecule has 0 fully saturated rings. The molecule has 0 spiro atoms. The first-order valence-corrected chi connectivity index (χ1v) is 8.46. The number of ketones is 1. The molecule has 0 aliphatic heterocycles. The molecule has 0 N–H and O–H groups in total. The lowest BCUT2D eigenvalue weighted by Gasteiger charge is -2.19. The van der Waals surface area contributed by atoms with E-state index in [0.29, 0.717) is 0 Å². The second kappa shape index (κ2) is 6.74. The largest absolute Gasteiger partial charge is 0.293 e. The van der Waals surface area contributed by atoms with Gasteiger partial charge in [-0.1, -0.05) is 103 Å². The smallest absolute Gasteiger partial charge is 0.174 e. The monoisotopic (exact) mass is 322 g/mol. The zero-order valence-electron chi connectivity index (χ0n) is 13.8. The van der Waals surface area contributed by atoms with E-state index in [4.69, 9.17) is 0 Å². The predicted molar refractivity (Wildman–Crippen MR) is 103 cm³/mol. The van der Waals surface area contributed by atoms with Crippen LogP contribution < -0.4 is 0 Å². The molecule has 1 nitrogen and oxygen atoms in total. The van der Waals surface area contributed by atoms with Crippen molar-refractivity contribution >= 4 is 16.6 Å². The molecule has 0 amide bonds. The summed E-state index contributed by atoms with van der Waals surface area (Å²) >= 11 is 0. The van der Waals surface area contributed by atoms with Crippen LogP contribution in [0.15, 0.2) is 103 Å². The standard InChI is InChI=1S/C24H18O/c25-24(20-13-5-2-6-14-20)23(19-11-3-1-4-12-19)22-17-9-15-18-10-7-8-16-21(18)22/h1-17,23H. The van der Waals surface area contributed by atoms with E-state index < -0.39 is 0 Å². The summed E-state index contributed by atoms with van der Waals surface area (Å²) in [6, 6.07) is 34.0. The molecule has 1 heteroatoms. The van der Waals surface area contributed by atoms with Gasteiger partial charge in [-0.25, -0.2) is 0 Å². The van der Waals surface area contributed by atoms with Crippen molar-refractivity contribution in [1.29, 1.82) is 0 Å². The van der Waals surface area contributed by atoms with Crippen LogP contribution in [-0.4, -0.2) is 5.78 Å². The molecular weight excluding hydrogens is 304 g/mol. The second-order valence-corrected chi connectivity index (χ2v) is 6.14. The average molecular weight is 322 g/mol. The molecule has 0 aliphatic carbocycles. The Labute approximate surface area is 147 Å². The fraction of sp³-hybridized carbons (Fsp3) is 0.0417. The first kappa shape index (κ1) is 15.3. The highest BCUT2D eigenvalue weighted by atomic mass is 16.1. The van der Waals surface area contributed by atoms with Crippen molar-refractivity contribution in [3.05, 3.63) is 120 Å². The van der Waals surface area contributed by atoms with Crippen molar-refractivity contribution in [2.45, 2.75) is 5.92 Å². The summed E-state index contributed by atoms with van der Waals surface area (Å²) in [4.78, 5) is 13.4. The Morgan fingerprint density at radius 3 is 1.96 bits per heavy atom. The molecule has 1 atom stereocenters. The van der Waals surface area contributed by atoms with Gasteiger partial charge in [-0.2, -0.15) is 0 Å². The topological polar surface area (TPSA) is 17.1 Å². The number of fused-ring (bicyclic) bond motifs is 1. The van der Waals surface area contributed by atoms with Crippen LogP contribution in [0.4, 0.5) is 0 Å². The lowest BCUT2D eigenvalue weighted by molar-refractivity contribution is 0.0974. The van der Waals surface area contributed by atoms with Crippen LogP contribution in [0.3, 0.4) is 0 Å². The summed E-state index contributed by atoms with van der Waals surface area (Å²) in [7, 11) is 0. The summed E-state index contributed by atoms with van der Waals surface area (Å²) in [6.45, 7) is 0. The van der Waals surface area contributed by atoms with Gasteiger partial charge in [0, 0.05) is 5.56 Å². The first-order chi connectivity index (χ1) is 12.3. The molecule has 0 aromatic heterocycles. The van der Waals surface area contributed by atoms with E-state index in [-0.39, 0.29) is 11.7 Å². The summed E-state index contributed by atoms with van der Waals surface area (Å²) in [5.41, 5.74) is 2.81. The Bertz CT molecular complexity index is 998. The molecular formula is C24H18O. The molecule has 0 bridgehead atoms. The number of carbonyl (C=O) groups is 1. The van der Waals surface area contributed by atoms with E-state index in [9.17, 15) is 4.79 Å². The van der Waals surface area contributed by atoms with Crippen molar-refractivity contribution in [3.63, 3.8) is 0 Å². The molecule has 0 saturated heterocycles. The van der Waals surface area contributed by atoms with Gasteiger partial charge in [0.1, 0.15) is 0 Å². The summed E-state index contributed by atoms with van der Waals surface area (Å²) in [6.07, 6.45) is 0. The van der Waals surface area contributed by atoms with Gasteiger partial charge in [0.25, 0.3) is 0 Å². The fourth-order valence-electron chi connectivity index (χ4n) is 3.39. The number of rotatable bonds is 4. The minimum absolute atomic E-state index is 0.128. The molecule has 4 aromatic carbocycles. The third kappa shape index (κ3) is 2.97. The molecule has 0 saturated carbocycles. The van der Waals surface area contributed by atoms with E-state index in [1.54, 1.807) is 0 Å². The van der Waals surface area contributed by atoms with E-state index in [1.807, 2.05) is 78.9 Å². The minimum atomic E-state index is -0.310. The quantitative estimate of drug-likeness (QED) is 0.430. The van der Waals surface area contributed by atoms with Gasteiger partial charge in [0.05, 0.1) is 5.92 Å². The van der Waals surface area contributed by atoms with Gasteiger partial charge >= 0.3 is 0 Å². The molecule has 0 aliphatic rings. The number of hydrogen-bond acceptors (Lipinski definition) is 1. The molecule has 1 unspecified atom stereocenters. The van der Waals surface area contributed by atoms with Crippen LogP contribution in [0.25, 0.3) is 10.8 Å². The van der Waals surface area contributed by atoms with Crippen LogP contribution in [-0.2, 0) is 0 Å². The van der Waals surface area contributed by atoms with Crippen LogP contribution in [0, 0.1) is 0 Å². The van der Waals surface area contributed by atoms with Gasteiger partial charge in [-0.3, -0.25) is 4.79 Å². The van der Waals surface area contributed by atoms with Crippen molar-refractivity contribution < 1.29 is 4.79 Å². The number of Topliss-reactive ketones (excluding diaryl/α,β-unsaturated/α-hetero) is 1. The SMILES string of the molecule is O=C(c1ccccc1)C(c1ccccc1)c1cccc2ccccc12. The van der Waals surface area contributed by atoms with Crippen LogP contribution in [0.2, 0.25) is 0 Å². The summed E-state index contributed by atoms with van der Waals surface area (Å²) < 4.78 is 0. The van der Waals surface area contributed by atoms with E-state index >= 15 is 0 Å². The highest BCUT2D eigenvalue weighted by molar-refractivity contribution is 6.05.